The third kappa shape index (κ3) is 10.7. The number of nitrogens with one attached hydrogen (secondary N) is 3. The lowest BCUT2D eigenvalue weighted by Gasteiger charge is -2.14. The van der Waals surface area contributed by atoms with Crippen molar-refractivity contribution in [2.45, 2.75) is 30.6 Å². The third-order valence-electron chi connectivity index (χ3n) is 7.94. The van der Waals surface area contributed by atoms with Crippen molar-refractivity contribution < 1.29 is 23.9 Å². The smallest absolute Gasteiger partial charge is 0.272 e. The second-order valence-corrected chi connectivity index (χ2v) is 14.2. The maximum atomic E-state index is 13.7. The summed E-state index contributed by atoms with van der Waals surface area (Å²) in [6.45, 7) is 4.77. The number of nitrogens with zero attached hydrogens (tertiary/aromatic N) is 1. The van der Waals surface area contributed by atoms with E-state index in [4.69, 9.17) is 9.47 Å². The normalized spacial score (nSPS) is 11.6. The lowest BCUT2D eigenvalue weighted by atomic mass is 10.1. The van der Waals surface area contributed by atoms with Gasteiger partial charge in [0.2, 0.25) is 5.91 Å². The van der Waals surface area contributed by atoms with Gasteiger partial charge in [-0.05, 0) is 97.8 Å². The number of carbonyl (C=O) groups is 3. The van der Waals surface area contributed by atoms with Crippen LogP contribution in [0, 0.1) is 0 Å². The zero-order chi connectivity index (χ0) is 37.7. The quantitative estimate of drug-likeness (QED) is 0.0707. The van der Waals surface area contributed by atoms with E-state index in [0.29, 0.717) is 40.9 Å². The van der Waals surface area contributed by atoms with Gasteiger partial charge >= 0.3 is 0 Å². The van der Waals surface area contributed by atoms with E-state index in [1.165, 1.54) is 23.1 Å². The van der Waals surface area contributed by atoms with Crippen molar-refractivity contribution in [2.24, 2.45) is 0 Å². The minimum atomic E-state index is -0.510. The first kappa shape index (κ1) is 37.6. The summed E-state index contributed by atoms with van der Waals surface area (Å²) in [5.41, 5.74) is 4.41. The molecule has 3 amide bonds. The molecule has 5 aromatic carbocycles. The number of thiazole rings is 1. The van der Waals surface area contributed by atoms with Gasteiger partial charge in [-0.25, -0.2) is 4.98 Å². The van der Waals surface area contributed by atoms with Crippen LogP contribution >= 0.6 is 23.1 Å². The Labute approximate surface area is 322 Å². The van der Waals surface area contributed by atoms with E-state index in [-0.39, 0.29) is 11.6 Å². The van der Waals surface area contributed by atoms with Gasteiger partial charge < -0.3 is 25.4 Å². The number of thioether (sulfide) groups is 1. The molecule has 54 heavy (non-hydrogen) atoms. The first-order valence-electron chi connectivity index (χ1n) is 17.3. The zero-order valence-electron chi connectivity index (χ0n) is 29.7. The molecule has 6 aromatic rings. The van der Waals surface area contributed by atoms with Crippen LogP contribution in [-0.4, -0.2) is 34.6 Å². The molecule has 0 radical (unpaired) electrons. The maximum absolute atomic E-state index is 13.7. The van der Waals surface area contributed by atoms with E-state index < -0.39 is 17.1 Å². The number of hydrogen-bond acceptors (Lipinski definition) is 8. The SMILES string of the molecule is CCOc1ccc(-c2csc(NC(=O)C(C)Sc3cccc(NC(=O)/C(=C/c4ccc(OCc5ccccc5)cc4)NC(=O)c4ccccc4)c3)n2)cc1. The Morgan fingerprint density at radius 1 is 0.796 bits per heavy atom. The Balaban J connectivity index is 1.10. The number of hydrogen-bond donors (Lipinski definition) is 3. The van der Waals surface area contributed by atoms with Crippen molar-refractivity contribution in [1.29, 1.82) is 0 Å². The highest BCUT2D eigenvalue weighted by molar-refractivity contribution is 8.00. The molecule has 0 saturated heterocycles. The van der Waals surface area contributed by atoms with Gasteiger partial charge in [-0.2, -0.15) is 0 Å². The monoisotopic (exact) mass is 754 g/mol. The van der Waals surface area contributed by atoms with E-state index in [1.54, 1.807) is 48.5 Å². The zero-order valence-corrected chi connectivity index (χ0v) is 31.3. The summed E-state index contributed by atoms with van der Waals surface area (Å²) >= 11 is 2.70. The van der Waals surface area contributed by atoms with E-state index in [2.05, 4.69) is 20.9 Å². The molecule has 0 fully saturated rings. The third-order valence-corrected chi connectivity index (χ3v) is 9.79. The summed E-state index contributed by atoms with van der Waals surface area (Å²) in [5.74, 6) is 0.331. The summed E-state index contributed by atoms with van der Waals surface area (Å²) in [6, 6.07) is 40.7. The lowest BCUT2D eigenvalue weighted by Crippen LogP contribution is -2.30. The van der Waals surface area contributed by atoms with Crippen molar-refractivity contribution >= 4 is 57.7 Å². The summed E-state index contributed by atoms with van der Waals surface area (Å²) in [7, 11) is 0. The van der Waals surface area contributed by atoms with E-state index in [1.807, 2.05) is 110 Å². The summed E-state index contributed by atoms with van der Waals surface area (Å²) in [5, 5.41) is 10.5. The molecule has 0 bridgehead atoms. The van der Waals surface area contributed by atoms with E-state index in [0.717, 1.165) is 27.5 Å². The van der Waals surface area contributed by atoms with Crippen LogP contribution < -0.4 is 25.4 Å². The molecule has 3 N–H and O–H groups in total. The van der Waals surface area contributed by atoms with Crippen LogP contribution in [0.3, 0.4) is 0 Å². The molecule has 1 unspecified atom stereocenters. The highest BCUT2D eigenvalue weighted by Gasteiger charge is 2.19. The summed E-state index contributed by atoms with van der Waals surface area (Å²) in [6.07, 6.45) is 1.61. The second kappa shape index (κ2) is 18.5. The number of carbonyl (C=O) groups excluding carboxylic acids is 3. The highest BCUT2D eigenvalue weighted by Crippen LogP contribution is 2.30. The fourth-order valence-electron chi connectivity index (χ4n) is 5.17. The predicted molar refractivity (Wildman–Crippen MR) is 217 cm³/mol. The fraction of sp³-hybridized carbons (Fsp3) is 0.116. The molecule has 11 heteroatoms. The van der Waals surface area contributed by atoms with Gasteiger partial charge in [0, 0.05) is 27.1 Å². The van der Waals surface area contributed by atoms with E-state index >= 15 is 0 Å². The molecule has 6 rings (SSSR count). The van der Waals surface area contributed by atoms with Crippen LogP contribution in [0.15, 0.2) is 149 Å². The Morgan fingerprint density at radius 2 is 1.48 bits per heavy atom. The summed E-state index contributed by atoms with van der Waals surface area (Å²) < 4.78 is 11.4. The predicted octanol–water partition coefficient (Wildman–Crippen LogP) is 9.32. The molecular formula is C43H38N4O5S2. The Kier molecular flexibility index (Phi) is 12.9. The highest BCUT2D eigenvalue weighted by atomic mass is 32.2. The molecule has 0 spiro atoms. The average molecular weight is 755 g/mol. The van der Waals surface area contributed by atoms with Crippen LogP contribution in [0.4, 0.5) is 10.8 Å². The number of anilines is 2. The largest absolute Gasteiger partial charge is 0.494 e. The van der Waals surface area contributed by atoms with Crippen molar-refractivity contribution in [3.05, 3.63) is 161 Å². The number of rotatable bonds is 15. The average Bonchev–Trinajstić information content (AvgIpc) is 3.67. The number of benzene rings is 5. The van der Waals surface area contributed by atoms with Gasteiger partial charge in [-0.15, -0.1) is 23.1 Å². The van der Waals surface area contributed by atoms with Crippen molar-refractivity contribution in [3.8, 4) is 22.8 Å². The molecule has 9 nitrogen and oxygen atoms in total. The molecular weight excluding hydrogens is 717 g/mol. The molecule has 272 valence electrons. The van der Waals surface area contributed by atoms with Crippen LogP contribution in [0.5, 0.6) is 11.5 Å². The first-order valence-corrected chi connectivity index (χ1v) is 19.0. The number of aromatic nitrogens is 1. The van der Waals surface area contributed by atoms with Crippen LogP contribution in [-0.2, 0) is 16.2 Å². The maximum Gasteiger partial charge on any atom is 0.272 e. The Morgan fingerprint density at radius 3 is 2.20 bits per heavy atom. The fourth-order valence-corrected chi connectivity index (χ4v) is 6.82. The topological polar surface area (TPSA) is 119 Å². The molecule has 1 heterocycles. The first-order chi connectivity index (χ1) is 26.3. The molecule has 0 saturated carbocycles. The molecule has 0 aliphatic rings. The van der Waals surface area contributed by atoms with Crippen LogP contribution in [0.2, 0.25) is 0 Å². The minimum absolute atomic E-state index is 0.0562. The number of ether oxygens (including phenoxy) is 2. The van der Waals surface area contributed by atoms with Gasteiger partial charge in [-0.3, -0.25) is 14.4 Å². The standard InChI is InChI=1S/C43H38N4O5S2/c1-3-51-35-23-19-32(20-24-35)39-28-53-43(46-39)47-40(48)29(2)54-37-16-10-15-34(26-37)44-42(50)38(45-41(49)33-13-8-5-9-14-33)25-30-17-21-36(22-18-30)52-27-31-11-6-4-7-12-31/h4-26,28-29H,3,27H2,1-2H3,(H,44,50)(H,45,49)(H,46,47,48)/b38-25-. The molecule has 0 aliphatic heterocycles. The Bertz CT molecular complexity index is 2210. The molecule has 0 aliphatic carbocycles. The lowest BCUT2D eigenvalue weighted by molar-refractivity contribution is -0.115. The van der Waals surface area contributed by atoms with Crippen molar-refractivity contribution in [1.82, 2.24) is 10.3 Å². The van der Waals surface area contributed by atoms with Gasteiger partial charge in [-0.1, -0.05) is 66.7 Å². The minimum Gasteiger partial charge on any atom is -0.494 e. The van der Waals surface area contributed by atoms with Crippen LogP contribution in [0.25, 0.3) is 17.3 Å². The number of amides is 3. The van der Waals surface area contributed by atoms with Gasteiger partial charge in [0.25, 0.3) is 11.8 Å². The van der Waals surface area contributed by atoms with E-state index in [9.17, 15) is 14.4 Å². The van der Waals surface area contributed by atoms with Crippen molar-refractivity contribution in [2.75, 3.05) is 17.2 Å². The van der Waals surface area contributed by atoms with Crippen LogP contribution in [0.1, 0.15) is 35.3 Å². The van der Waals surface area contributed by atoms with Crippen molar-refractivity contribution in [3.63, 3.8) is 0 Å². The second-order valence-electron chi connectivity index (χ2n) is 11.9. The molecule has 1 aromatic heterocycles. The van der Waals surface area contributed by atoms with Gasteiger partial charge in [0.05, 0.1) is 17.6 Å². The Hall–Kier alpha value is -6.17. The molecule has 1 atom stereocenters. The van der Waals surface area contributed by atoms with Gasteiger partial charge in [0.15, 0.2) is 5.13 Å². The summed E-state index contributed by atoms with van der Waals surface area (Å²) in [4.78, 5) is 45.4. The van der Waals surface area contributed by atoms with Gasteiger partial charge in [0.1, 0.15) is 23.8 Å².